The number of hydrogen-bond acceptors (Lipinski definition) is 5. The van der Waals surface area contributed by atoms with E-state index in [1.165, 1.54) is 4.73 Å². The van der Waals surface area contributed by atoms with Crippen LogP contribution in [-0.4, -0.2) is 22.3 Å². The van der Waals surface area contributed by atoms with Crippen LogP contribution in [0.25, 0.3) is 11.4 Å². The van der Waals surface area contributed by atoms with Crippen LogP contribution in [0.2, 0.25) is 5.02 Å². The number of hydrogen-bond donors (Lipinski definition) is 0. The number of aryl methyl sites for hydroxylation is 1. The molecule has 0 spiro atoms. The lowest BCUT2D eigenvalue weighted by Crippen LogP contribution is -2.20. The maximum absolute atomic E-state index is 12.5. The minimum Gasteiger partial charge on any atom is -0.461 e. The Morgan fingerprint density at radius 3 is 2.68 bits per heavy atom. The van der Waals surface area contributed by atoms with Crippen molar-refractivity contribution in [1.82, 2.24) is 9.71 Å². The summed E-state index contributed by atoms with van der Waals surface area (Å²) in [6.07, 6.45) is 0. The highest BCUT2D eigenvalue weighted by atomic mass is 35.5. The molecule has 0 N–H and O–H groups in total. The molecule has 0 radical (unpaired) electrons. The molecule has 6 nitrogen and oxygen atoms in total. The molecule has 7 heteroatoms. The number of nitriles is 1. The van der Waals surface area contributed by atoms with Crippen LogP contribution in [0, 0.1) is 18.3 Å². The van der Waals surface area contributed by atoms with E-state index in [0.29, 0.717) is 27.7 Å². The standard InChI is InChI=1S/C21H18ClN3O3/c1-3-27-21(26)19-14(2)24-20(17-6-4-5-16(11-17)12-23)25(19)28-13-15-7-9-18(22)10-8-15/h4-11H,3,13H2,1-2H3. The number of aromatic nitrogens is 2. The van der Waals surface area contributed by atoms with Crippen LogP contribution in [-0.2, 0) is 11.3 Å². The van der Waals surface area contributed by atoms with E-state index >= 15 is 0 Å². The van der Waals surface area contributed by atoms with Gasteiger partial charge in [-0.3, -0.25) is 0 Å². The second-order valence-corrected chi connectivity index (χ2v) is 6.41. The number of esters is 1. The number of rotatable bonds is 6. The Morgan fingerprint density at radius 1 is 1.25 bits per heavy atom. The largest absolute Gasteiger partial charge is 0.461 e. The Labute approximate surface area is 167 Å². The number of nitrogens with zero attached hydrogens (tertiary/aromatic N) is 3. The van der Waals surface area contributed by atoms with Gasteiger partial charge in [-0.1, -0.05) is 35.9 Å². The van der Waals surface area contributed by atoms with E-state index in [-0.39, 0.29) is 18.9 Å². The van der Waals surface area contributed by atoms with Crippen molar-refractivity contribution in [3.8, 4) is 17.5 Å². The Morgan fingerprint density at radius 2 is 2.00 bits per heavy atom. The molecule has 28 heavy (non-hydrogen) atoms. The monoisotopic (exact) mass is 395 g/mol. The summed E-state index contributed by atoms with van der Waals surface area (Å²) in [5, 5.41) is 9.81. The number of halogens is 1. The molecular formula is C21H18ClN3O3. The van der Waals surface area contributed by atoms with Crippen molar-refractivity contribution >= 4 is 17.6 Å². The van der Waals surface area contributed by atoms with Gasteiger partial charge in [0.05, 0.1) is 23.9 Å². The summed E-state index contributed by atoms with van der Waals surface area (Å²) in [4.78, 5) is 22.9. The van der Waals surface area contributed by atoms with Crippen LogP contribution in [0.1, 0.15) is 34.2 Å². The van der Waals surface area contributed by atoms with Crippen molar-refractivity contribution in [3.63, 3.8) is 0 Å². The minimum absolute atomic E-state index is 0.199. The fourth-order valence-corrected chi connectivity index (χ4v) is 2.82. The number of benzene rings is 2. The number of imidazole rings is 1. The Hall–Kier alpha value is -3.30. The third-order valence-electron chi connectivity index (χ3n) is 4.00. The highest BCUT2D eigenvalue weighted by Gasteiger charge is 2.24. The minimum atomic E-state index is -0.522. The van der Waals surface area contributed by atoms with Gasteiger partial charge in [-0.25, -0.2) is 9.78 Å². The SMILES string of the molecule is CCOC(=O)c1c(C)nc(-c2cccc(C#N)c2)n1OCc1ccc(Cl)cc1. The molecule has 3 rings (SSSR count). The van der Waals surface area contributed by atoms with Crippen LogP contribution < -0.4 is 4.84 Å². The third-order valence-corrected chi connectivity index (χ3v) is 4.26. The van der Waals surface area contributed by atoms with Crippen molar-refractivity contribution in [2.24, 2.45) is 0 Å². The van der Waals surface area contributed by atoms with Crippen molar-refractivity contribution in [2.75, 3.05) is 6.61 Å². The van der Waals surface area contributed by atoms with Crippen LogP contribution >= 0.6 is 11.6 Å². The summed E-state index contributed by atoms with van der Waals surface area (Å²) in [6.45, 7) is 3.88. The van der Waals surface area contributed by atoms with Gasteiger partial charge in [0.15, 0.2) is 11.5 Å². The normalized spacial score (nSPS) is 10.4. The molecule has 0 amide bonds. The molecule has 2 aromatic carbocycles. The van der Waals surface area contributed by atoms with Gasteiger partial charge < -0.3 is 9.57 Å². The quantitative estimate of drug-likeness (QED) is 0.585. The molecule has 0 unspecified atom stereocenters. The molecule has 0 atom stereocenters. The van der Waals surface area contributed by atoms with E-state index in [2.05, 4.69) is 11.1 Å². The van der Waals surface area contributed by atoms with Gasteiger partial charge in [0.2, 0.25) is 0 Å². The van der Waals surface area contributed by atoms with Crippen molar-refractivity contribution < 1.29 is 14.4 Å². The maximum atomic E-state index is 12.5. The van der Waals surface area contributed by atoms with Crippen LogP contribution in [0.4, 0.5) is 0 Å². The Bertz CT molecular complexity index is 1040. The second kappa shape index (κ2) is 8.59. The van der Waals surface area contributed by atoms with E-state index in [0.717, 1.165) is 5.56 Å². The second-order valence-electron chi connectivity index (χ2n) is 5.98. The van der Waals surface area contributed by atoms with Crippen molar-refractivity contribution in [1.29, 1.82) is 5.26 Å². The summed E-state index contributed by atoms with van der Waals surface area (Å²) < 4.78 is 6.54. The number of carbonyl (C=O) groups is 1. The van der Waals surface area contributed by atoms with Crippen LogP contribution in [0.5, 0.6) is 0 Å². The predicted octanol–water partition coefficient (Wildman–Crippen LogP) is 4.19. The first kappa shape index (κ1) is 19.5. The average molecular weight is 396 g/mol. The van der Waals surface area contributed by atoms with E-state index in [1.54, 1.807) is 50.2 Å². The average Bonchev–Trinajstić information content (AvgIpc) is 3.04. The number of carbonyl (C=O) groups excluding carboxylic acids is 1. The van der Waals surface area contributed by atoms with E-state index in [4.69, 9.17) is 21.2 Å². The molecular weight excluding hydrogens is 378 g/mol. The zero-order chi connectivity index (χ0) is 20.1. The molecule has 0 saturated carbocycles. The highest BCUT2D eigenvalue weighted by molar-refractivity contribution is 6.30. The summed E-state index contributed by atoms with van der Waals surface area (Å²) in [5.41, 5.74) is 2.72. The molecule has 0 aliphatic rings. The first-order chi connectivity index (χ1) is 13.5. The molecule has 0 aliphatic carbocycles. The summed E-state index contributed by atoms with van der Waals surface area (Å²) in [6, 6.07) is 16.3. The molecule has 0 fully saturated rings. The smallest absolute Gasteiger partial charge is 0.360 e. The number of ether oxygens (including phenoxy) is 1. The Balaban J connectivity index is 2.03. The lowest BCUT2D eigenvalue weighted by Gasteiger charge is -2.13. The van der Waals surface area contributed by atoms with Gasteiger partial charge in [-0.15, -0.1) is 0 Å². The molecule has 142 valence electrons. The molecule has 0 bridgehead atoms. The topological polar surface area (TPSA) is 77.1 Å². The van der Waals surface area contributed by atoms with Crippen molar-refractivity contribution in [2.45, 2.75) is 20.5 Å². The van der Waals surface area contributed by atoms with Gasteiger partial charge in [0.1, 0.15) is 6.61 Å². The zero-order valence-electron chi connectivity index (χ0n) is 15.5. The van der Waals surface area contributed by atoms with Crippen LogP contribution in [0.3, 0.4) is 0 Å². The predicted molar refractivity (Wildman–Crippen MR) is 105 cm³/mol. The lowest BCUT2D eigenvalue weighted by molar-refractivity contribution is 0.0426. The third kappa shape index (κ3) is 4.16. The molecule has 1 heterocycles. The molecule has 1 aromatic heterocycles. The fourth-order valence-electron chi connectivity index (χ4n) is 2.70. The summed E-state index contributed by atoms with van der Waals surface area (Å²) in [5.74, 6) is -0.0992. The van der Waals surface area contributed by atoms with Gasteiger partial charge in [0, 0.05) is 10.6 Å². The fraction of sp³-hybridized carbons (Fsp3) is 0.190. The zero-order valence-corrected chi connectivity index (χ0v) is 16.2. The summed E-state index contributed by atoms with van der Waals surface area (Å²) in [7, 11) is 0. The molecule has 3 aromatic rings. The first-order valence-electron chi connectivity index (χ1n) is 8.68. The molecule has 0 aliphatic heterocycles. The van der Waals surface area contributed by atoms with E-state index in [1.807, 2.05) is 12.1 Å². The Kier molecular flexibility index (Phi) is 5.97. The van der Waals surface area contributed by atoms with E-state index < -0.39 is 5.97 Å². The van der Waals surface area contributed by atoms with Gasteiger partial charge in [-0.05, 0) is 43.7 Å². The van der Waals surface area contributed by atoms with Crippen molar-refractivity contribution in [3.05, 3.63) is 76.1 Å². The highest BCUT2D eigenvalue weighted by Crippen LogP contribution is 2.23. The first-order valence-corrected chi connectivity index (χ1v) is 9.06. The van der Waals surface area contributed by atoms with Gasteiger partial charge >= 0.3 is 5.97 Å². The molecule has 0 saturated heterocycles. The van der Waals surface area contributed by atoms with E-state index in [9.17, 15) is 10.1 Å². The summed E-state index contributed by atoms with van der Waals surface area (Å²) >= 11 is 5.92. The van der Waals surface area contributed by atoms with Gasteiger partial charge in [0.25, 0.3) is 0 Å². The van der Waals surface area contributed by atoms with Crippen LogP contribution in [0.15, 0.2) is 48.5 Å². The lowest BCUT2D eigenvalue weighted by atomic mass is 10.1. The van der Waals surface area contributed by atoms with Gasteiger partial charge in [-0.2, -0.15) is 9.99 Å². The maximum Gasteiger partial charge on any atom is 0.360 e.